The van der Waals surface area contributed by atoms with E-state index in [0.29, 0.717) is 17.3 Å². The number of rotatable bonds is 6. The molecule has 3 N–H and O–H groups in total. The summed E-state index contributed by atoms with van der Waals surface area (Å²) in [7, 11) is 0. The molecule has 18 heavy (non-hydrogen) atoms. The molecule has 0 amide bonds. The van der Waals surface area contributed by atoms with Gasteiger partial charge in [-0.2, -0.15) is 18.3 Å². The first kappa shape index (κ1) is 15.3. The molecule has 0 spiro atoms. The maximum Gasteiger partial charge on any atom is 0.389 e. The monoisotopic (exact) mass is 284 g/mol. The predicted molar refractivity (Wildman–Crippen MR) is 62.9 cm³/mol. The van der Waals surface area contributed by atoms with Gasteiger partial charge in [0.15, 0.2) is 0 Å². The van der Waals surface area contributed by atoms with E-state index >= 15 is 0 Å². The SMILES string of the molecule is CCCn1ncc(Cl)c1C(CCC(F)(F)F)NN. The van der Waals surface area contributed by atoms with Crippen molar-refractivity contribution in [2.45, 2.75) is 44.9 Å². The van der Waals surface area contributed by atoms with Crippen molar-refractivity contribution in [3.63, 3.8) is 0 Å². The topological polar surface area (TPSA) is 55.9 Å². The summed E-state index contributed by atoms with van der Waals surface area (Å²) in [4.78, 5) is 0. The van der Waals surface area contributed by atoms with E-state index in [1.807, 2.05) is 6.92 Å². The Morgan fingerprint density at radius 3 is 2.72 bits per heavy atom. The van der Waals surface area contributed by atoms with Crippen LogP contribution in [0.25, 0.3) is 0 Å². The van der Waals surface area contributed by atoms with Gasteiger partial charge in [-0.15, -0.1) is 0 Å². The van der Waals surface area contributed by atoms with Crippen LogP contribution in [0.3, 0.4) is 0 Å². The zero-order valence-corrected chi connectivity index (χ0v) is 10.7. The van der Waals surface area contributed by atoms with Crippen LogP contribution in [-0.4, -0.2) is 16.0 Å². The summed E-state index contributed by atoms with van der Waals surface area (Å²) in [5.41, 5.74) is 2.88. The quantitative estimate of drug-likeness (QED) is 0.624. The van der Waals surface area contributed by atoms with Gasteiger partial charge in [-0.05, 0) is 12.8 Å². The molecule has 0 saturated carbocycles. The van der Waals surface area contributed by atoms with E-state index in [2.05, 4.69) is 10.5 Å². The molecule has 1 aromatic heterocycles. The molecule has 0 aliphatic carbocycles. The summed E-state index contributed by atoms with van der Waals surface area (Å²) in [6.45, 7) is 2.53. The lowest BCUT2D eigenvalue weighted by Crippen LogP contribution is -2.31. The van der Waals surface area contributed by atoms with Crippen LogP contribution in [0.5, 0.6) is 0 Å². The summed E-state index contributed by atoms with van der Waals surface area (Å²) in [6, 6.07) is -0.659. The zero-order valence-electron chi connectivity index (χ0n) is 9.97. The number of hydrazine groups is 1. The van der Waals surface area contributed by atoms with Crippen molar-refractivity contribution in [2.75, 3.05) is 0 Å². The Morgan fingerprint density at radius 1 is 1.56 bits per heavy atom. The maximum absolute atomic E-state index is 12.2. The molecular formula is C10H16ClF3N4. The van der Waals surface area contributed by atoms with Gasteiger partial charge in [0.1, 0.15) is 0 Å². The Balaban J connectivity index is 2.84. The maximum atomic E-state index is 12.2. The lowest BCUT2D eigenvalue weighted by molar-refractivity contribution is -0.136. The lowest BCUT2D eigenvalue weighted by atomic mass is 10.1. The van der Waals surface area contributed by atoms with Gasteiger partial charge in [-0.25, -0.2) is 0 Å². The normalized spacial score (nSPS) is 13.9. The standard InChI is InChI=1S/C10H16ClF3N4/c1-2-5-18-9(7(11)6-16-18)8(17-15)3-4-10(12,13)14/h6,8,17H,2-5,15H2,1H3. The number of alkyl halides is 3. The second-order valence-electron chi connectivity index (χ2n) is 3.97. The molecule has 1 rings (SSSR count). The highest BCUT2D eigenvalue weighted by Crippen LogP contribution is 2.30. The molecule has 1 unspecified atom stereocenters. The van der Waals surface area contributed by atoms with Crippen LogP contribution >= 0.6 is 11.6 Å². The molecule has 0 aliphatic rings. The average molecular weight is 285 g/mol. The third kappa shape index (κ3) is 4.15. The van der Waals surface area contributed by atoms with E-state index in [-0.39, 0.29) is 6.42 Å². The number of nitrogens with zero attached hydrogens (tertiary/aromatic N) is 2. The van der Waals surface area contributed by atoms with Crippen LogP contribution < -0.4 is 11.3 Å². The van der Waals surface area contributed by atoms with Gasteiger partial charge in [0.2, 0.25) is 0 Å². The molecule has 0 aromatic carbocycles. The highest BCUT2D eigenvalue weighted by atomic mass is 35.5. The summed E-state index contributed by atoms with van der Waals surface area (Å²) in [5, 5.41) is 4.35. The Hall–Kier alpha value is -0.790. The molecular weight excluding hydrogens is 269 g/mol. The van der Waals surface area contributed by atoms with Crippen LogP contribution in [-0.2, 0) is 6.54 Å². The van der Waals surface area contributed by atoms with Crippen LogP contribution in [0.1, 0.15) is 37.9 Å². The second kappa shape index (κ2) is 6.40. The number of aromatic nitrogens is 2. The summed E-state index contributed by atoms with van der Waals surface area (Å²) in [6.07, 6.45) is -3.08. The smallest absolute Gasteiger partial charge is 0.271 e. The molecule has 0 radical (unpaired) electrons. The number of halogens is 4. The number of nitrogens with two attached hydrogens (primary N) is 1. The molecule has 0 aliphatic heterocycles. The summed E-state index contributed by atoms with van der Waals surface area (Å²) in [5.74, 6) is 5.31. The highest BCUT2D eigenvalue weighted by Gasteiger charge is 2.30. The van der Waals surface area contributed by atoms with Crippen molar-refractivity contribution in [3.8, 4) is 0 Å². The minimum absolute atomic E-state index is 0.172. The number of nitrogens with one attached hydrogen (secondary N) is 1. The zero-order chi connectivity index (χ0) is 13.8. The van der Waals surface area contributed by atoms with Crippen molar-refractivity contribution < 1.29 is 13.2 Å². The van der Waals surface area contributed by atoms with E-state index < -0.39 is 18.6 Å². The Labute approximate surface area is 108 Å². The average Bonchev–Trinajstić information content (AvgIpc) is 2.62. The van der Waals surface area contributed by atoms with E-state index in [1.54, 1.807) is 4.68 Å². The van der Waals surface area contributed by atoms with Gasteiger partial charge >= 0.3 is 6.18 Å². The lowest BCUT2D eigenvalue weighted by Gasteiger charge is -2.19. The van der Waals surface area contributed by atoms with Crippen LogP contribution in [0.15, 0.2) is 6.20 Å². The molecule has 4 nitrogen and oxygen atoms in total. The molecule has 1 heterocycles. The number of aryl methyl sites for hydroxylation is 1. The minimum Gasteiger partial charge on any atom is -0.271 e. The fourth-order valence-corrected chi connectivity index (χ4v) is 1.99. The first-order valence-electron chi connectivity index (χ1n) is 5.63. The van der Waals surface area contributed by atoms with E-state index in [1.165, 1.54) is 6.20 Å². The largest absolute Gasteiger partial charge is 0.389 e. The van der Waals surface area contributed by atoms with Gasteiger partial charge < -0.3 is 0 Å². The fourth-order valence-electron chi connectivity index (χ4n) is 1.72. The minimum atomic E-state index is -4.21. The molecule has 0 saturated heterocycles. The number of hydrogen-bond acceptors (Lipinski definition) is 3. The molecule has 8 heteroatoms. The predicted octanol–water partition coefficient (Wildman–Crippen LogP) is 2.79. The van der Waals surface area contributed by atoms with Crippen molar-refractivity contribution in [1.29, 1.82) is 0 Å². The first-order chi connectivity index (χ1) is 8.39. The van der Waals surface area contributed by atoms with Gasteiger partial charge in [-0.1, -0.05) is 18.5 Å². The van der Waals surface area contributed by atoms with Crippen molar-refractivity contribution in [1.82, 2.24) is 15.2 Å². The Kier molecular flexibility index (Phi) is 5.43. The molecule has 1 aromatic rings. The third-order valence-corrected chi connectivity index (χ3v) is 2.81. The third-order valence-electron chi connectivity index (χ3n) is 2.52. The van der Waals surface area contributed by atoms with Gasteiger partial charge in [0.05, 0.1) is 23.0 Å². The van der Waals surface area contributed by atoms with Gasteiger partial charge in [-0.3, -0.25) is 16.0 Å². The second-order valence-corrected chi connectivity index (χ2v) is 4.38. The molecule has 0 fully saturated rings. The van der Waals surface area contributed by atoms with Crippen molar-refractivity contribution in [2.24, 2.45) is 5.84 Å². The first-order valence-corrected chi connectivity index (χ1v) is 6.01. The van der Waals surface area contributed by atoms with Crippen LogP contribution in [0.2, 0.25) is 5.02 Å². The van der Waals surface area contributed by atoms with E-state index in [4.69, 9.17) is 17.4 Å². The Morgan fingerprint density at radius 2 is 2.22 bits per heavy atom. The van der Waals surface area contributed by atoms with Crippen molar-refractivity contribution in [3.05, 3.63) is 16.9 Å². The van der Waals surface area contributed by atoms with Crippen LogP contribution in [0.4, 0.5) is 13.2 Å². The Bertz CT molecular complexity index is 378. The molecule has 0 bridgehead atoms. The summed E-state index contributed by atoms with van der Waals surface area (Å²) >= 11 is 5.94. The van der Waals surface area contributed by atoms with E-state index in [0.717, 1.165) is 6.42 Å². The van der Waals surface area contributed by atoms with E-state index in [9.17, 15) is 13.2 Å². The summed E-state index contributed by atoms with van der Waals surface area (Å²) < 4.78 is 38.2. The fraction of sp³-hybridized carbons (Fsp3) is 0.700. The number of hydrogen-bond donors (Lipinski definition) is 2. The van der Waals surface area contributed by atoms with Gasteiger partial charge in [0.25, 0.3) is 0 Å². The van der Waals surface area contributed by atoms with Gasteiger partial charge in [0, 0.05) is 13.0 Å². The van der Waals surface area contributed by atoms with Crippen molar-refractivity contribution >= 4 is 11.6 Å². The highest BCUT2D eigenvalue weighted by molar-refractivity contribution is 6.31. The molecule has 1 atom stereocenters. The van der Waals surface area contributed by atoms with Crippen LogP contribution in [0, 0.1) is 0 Å². The molecule has 104 valence electrons.